The molecular weight excluding hydrogens is 250 g/mol. The van der Waals surface area contributed by atoms with Crippen molar-refractivity contribution in [3.63, 3.8) is 0 Å². The van der Waals surface area contributed by atoms with E-state index < -0.39 is 5.60 Å². The molecule has 100 valence electrons. The zero-order valence-electron chi connectivity index (χ0n) is 11.0. The number of hydrogen-bond acceptors (Lipinski definition) is 5. The van der Waals surface area contributed by atoms with E-state index in [2.05, 4.69) is 15.6 Å². The molecule has 0 atom stereocenters. The number of anilines is 1. The summed E-state index contributed by atoms with van der Waals surface area (Å²) in [5.41, 5.74) is 0.255. The monoisotopic (exact) mass is 269 g/mol. The first-order chi connectivity index (χ1) is 8.57. The van der Waals surface area contributed by atoms with E-state index in [1.54, 1.807) is 7.11 Å². The Bertz CT molecular complexity index is 419. The molecule has 0 radical (unpaired) electrons. The van der Waals surface area contributed by atoms with Crippen LogP contribution >= 0.6 is 11.3 Å². The molecule has 0 aliphatic carbocycles. The number of carbonyl (C=O) groups excluding carboxylic acids is 1. The Balaban J connectivity index is 2.10. The minimum absolute atomic E-state index is 0.0831. The van der Waals surface area contributed by atoms with Crippen molar-refractivity contribution < 1.29 is 9.53 Å². The van der Waals surface area contributed by atoms with E-state index in [9.17, 15) is 4.79 Å². The molecule has 0 aromatic carbocycles. The number of aromatic nitrogens is 1. The van der Waals surface area contributed by atoms with Crippen molar-refractivity contribution in [2.24, 2.45) is 0 Å². The summed E-state index contributed by atoms with van der Waals surface area (Å²) in [6.45, 7) is 5.55. The second kappa shape index (κ2) is 5.34. The van der Waals surface area contributed by atoms with Crippen LogP contribution in [0.25, 0.3) is 0 Å². The standard InChI is InChI=1S/C12H19N3O2S/c1-8-9(2)18-11(14-8)15-10(16)12(17-3)4-6-13-7-5-12/h13H,4-7H2,1-3H3,(H,14,15,16). The number of aryl methyl sites for hydroxylation is 2. The third kappa shape index (κ3) is 2.55. The zero-order chi connectivity index (χ0) is 13.2. The van der Waals surface area contributed by atoms with Gasteiger partial charge in [0.1, 0.15) is 5.60 Å². The molecular formula is C12H19N3O2S. The van der Waals surface area contributed by atoms with Crippen molar-refractivity contribution in [2.45, 2.75) is 32.3 Å². The van der Waals surface area contributed by atoms with Crippen molar-refractivity contribution >= 4 is 22.4 Å². The van der Waals surface area contributed by atoms with E-state index in [0.29, 0.717) is 18.0 Å². The van der Waals surface area contributed by atoms with E-state index in [1.165, 1.54) is 11.3 Å². The van der Waals surface area contributed by atoms with Crippen LogP contribution in [0, 0.1) is 13.8 Å². The molecule has 0 spiro atoms. The molecule has 1 saturated heterocycles. The van der Waals surface area contributed by atoms with Gasteiger partial charge in [-0.05, 0) is 39.8 Å². The summed E-state index contributed by atoms with van der Waals surface area (Å²) in [4.78, 5) is 17.8. The lowest BCUT2D eigenvalue weighted by Gasteiger charge is -2.34. The van der Waals surface area contributed by atoms with Crippen molar-refractivity contribution in [3.05, 3.63) is 10.6 Å². The quantitative estimate of drug-likeness (QED) is 0.872. The summed E-state index contributed by atoms with van der Waals surface area (Å²) in [5, 5.41) is 6.77. The summed E-state index contributed by atoms with van der Waals surface area (Å²) in [6, 6.07) is 0. The molecule has 0 saturated carbocycles. The highest BCUT2D eigenvalue weighted by molar-refractivity contribution is 7.15. The van der Waals surface area contributed by atoms with Crippen LogP contribution in [-0.4, -0.2) is 36.7 Å². The second-order valence-corrected chi connectivity index (χ2v) is 5.77. The third-order valence-electron chi connectivity index (χ3n) is 3.46. The number of carbonyl (C=O) groups is 1. The van der Waals surface area contributed by atoms with Gasteiger partial charge in [-0.25, -0.2) is 4.98 Å². The first-order valence-corrected chi connectivity index (χ1v) is 6.90. The highest BCUT2D eigenvalue weighted by atomic mass is 32.1. The van der Waals surface area contributed by atoms with Crippen LogP contribution < -0.4 is 10.6 Å². The van der Waals surface area contributed by atoms with Crippen molar-refractivity contribution in [1.82, 2.24) is 10.3 Å². The Hall–Kier alpha value is -0.980. The molecule has 1 fully saturated rings. The van der Waals surface area contributed by atoms with E-state index in [1.807, 2.05) is 13.8 Å². The minimum Gasteiger partial charge on any atom is -0.368 e. The number of amides is 1. The predicted molar refractivity (Wildman–Crippen MR) is 72.1 cm³/mol. The van der Waals surface area contributed by atoms with Crippen LogP contribution in [-0.2, 0) is 9.53 Å². The first-order valence-electron chi connectivity index (χ1n) is 6.09. The SMILES string of the molecule is COC1(C(=O)Nc2nc(C)c(C)s2)CCNCC1. The first kappa shape index (κ1) is 13.5. The van der Waals surface area contributed by atoms with Crippen LogP contribution in [0.5, 0.6) is 0 Å². The molecule has 0 bridgehead atoms. The van der Waals surface area contributed by atoms with Crippen molar-refractivity contribution in [3.8, 4) is 0 Å². The maximum absolute atomic E-state index is 12.3. The summed E-state index contributed by atoms with van der Waals surface area (Å²) in [6.07, 6.45) is 1.39. The molecule has 2 N–H and O–H groups in total. The fourth-order valence-corrected chi connectivity index (χ4v) is 2.90. The summed E-state index contributed by atoms with van der Waals surface area (Å²) in [7, 11) is 1.60. The fourth-order valence-electron chi connectivity index (χ4n) is 2.09. The molecule has 1 aromatic rings. The molecule has 18 heavy (non-hydrogen) atoms. The molecule has 0 unspecified atom stereocenters. The minimum atomic E-state index is -0.710. The molecule has 2 rings (SSSR count). The summed E-state index contributed by atoms with van der Waals surface area (Å²) >= 11 is 1.50. The van der Waals surface area contributed by atoms with E-state index >= 15 is 0 Å². The van der Waals surface area contributed by atoms with Gasteiger partial charge in [-0.2, -0.15) is 0 Å². The van der Waals surface area contributed by atoms with Gasteiger partial charge in [0, 0.05) is 12.0 Å². The average molecular weight is 269 g/mol. The van der Waals surface area contributed by atoms with Gasteiger partial charge < -0.3 is 10.1 Å². The van der Waals surface area contributed by atoms with Crippen LogP contribution in [0.4, 0.5) is 5.13 Å². The number of piperidine rings is 1. The maximum atomic E-state index is 12.3. The molecule has 2 heterocycles. The van der Waals surface area contributed by atoms with Gasteiger partial charge in [0.15, 0.2) is 5.13 Å². The Morgan fingerprint density at radius 1 is 1.44 bits per heavy atom. The number of hydrogen-bond donors (Lipinski definition) is 2. The number of nitrogens with one attached hydrogen (secondary N) is 2. The third-order valence-corrected chi connectivity index (χ3v) is 4.45. The van der Waals surface area contributed by atoms with Gasteiger partial charge in [-0.15, -0.1) is 11.3 Å². The smallest absolute Gasteiger partial charge is 0.258 e. The largest absolute Gasteiger partial charge is 0.368 e. The molecule has 1 aliphatic heterocycles. The Labute approximate surface area is 111 Å². The molecule has 1 aliphatic rings. The van der Waals surface area contributed by atoms with Gasteiger partial charge >= 0.3 is 0 Å². The van der Waals surface area contributed by atoms with Gasteiger partial charge in [0.2, 0.25) is 0 Å². The number of ether oxygens (including phenoxy) is 1. The van der Waals surface area contributed by atoms with Crippen LogP contribution in [0.1, 0.15) is 23.4 Å². The number of nitrogens with zero attached hydrogens (tertiary/aromatic N) is 1. The van der Waals surface area contributed by atoms with Crippen molar-refractivity contribution in [2.75, 3.05) is 25.5 Å². The van der Waals surface area contributed by atoms with E-state index in [4.69, 9.17) is 4.74 Å². The summed E-state index contributed by atoms with van der Waals surface area (Å²) in [5.74, 6) is -0.0831. The summed E-state index contributed by atoms with van der Waals surface area (Å²) < 4.78 is 5.47. The van der Waals surface area contributed by atoms with E-state index in [-0.39, 0.29) is 5.91 Å². The van der Waals surface area contributed by atoms with Gasteiger partial charge in [0.25, 0.3) is 5.91 Å². The Morgan fingerprint density at radius 3 is 2.61 bits per heavy atom. The maximum Gasteiger partial charge on any atom is 0.258 e. The van der Waals surface area contributed by atoms with Crippen molar-refractivity contribution in [1.29, 1.82) is 0 Å². The van der Waals surface area contributed by atoms with Gasteiger partial charge in [0.05, 0.1) is 5.69 Å². The molecule has 6 heteroatoms. The number of rotatable bonds is 3. The predicted octanol–water partition coefficient (Wildman–Crippen LogP) is 1.47. The second-order valence-electron chi connectivity index (χ2n) is 4.56. The lowest BCUT2D eigenvalue weighted by atomic mass is 9.91. The molecule has 1 aromatic heterocycles. The highest BCUT2D eigenvalue weighted by Crippen LogP contribution is 2.27. The van der Waals surface area contributed by atoms with E-state index in [0.717, 1.165) is 23.7 Å². The zero-order valence-corrected chi connectivity index (χ0v) is 11.8. The number of thiazole rings is 1. The average Bonchev–Trinajstić information content (AvgIpc) is 2.69. The Morgan fingerprint density at radius 2 is 2.11 bits per heavy atom. The number of methoxy groups -OCH3 is 1. The normalized spacial score (nSPS) is 18.6. The van der Waals surface area contributed by atoms with Crippen LogP contribution in [0.3, 0.4) is 0 Å². The van der Waals surface area contributed by atoms with Crippen LogP contribution in [0.2, 0.25) is 0 Å². The lowest BCUT2D eigenvalue weighted by molar-refractivity contribution is -0.140. The molecule has 5 nitrogen and oxygen atoms in total. The fraction of sp³-hybridized carbons (Fsp3) is 0.667. The van der Waals surface area contributed by atoms with Crippen LogP contribution in [0.15, 0.2) is 0 Å². The topological polar surface area (TPSA) is 63.2 Å². The van der Waals surface area contributed by atoms with Gasteiger partial charge in [-0.3, -0.25) is 10.1 Å². The highest BCUT2D eigenvalue weighted by Gasteiger charge is 2.40. The lowest BCUT2D eigenvalue weighted by Crippen LogP contribution is -2.51. The molecule has 1 amide bonds. The van der Waals surface area contributed by atoms with Gasteiger partial charge in [-0.1, -0.05) is 0 Å². The Kier molecular flexibility index (Phi) is 3.99.